The van der Waals surface area contributed by atoms with E-state index in [1.165, 1.54) is 0 Å². The number of hydrogen-bond donors (Lipinski definition) is 2. The van der Waals surface area contributed by atoms with Gasteiger partial charge in [0, 0.05) is 51.5 Å². The molecule has 4 nitrogen and oxygen atoms in total. The first-order chi connectivity index (χ1) is 12.0. The topological polar surface area (TPSA) is 53.5 Å². The zero-order valence-corrected chi connectivity index (χ0v) is 19.9. The maximum absolute atomic E-state index is 12.1. The van der Waals surface area contributed by atoms with Gasteiger partial charge in [0.1, 0.15) is 0 Å². The fourth-order valence-corrected chi connectivity index (χ4v) is 5.14. The van der Waals surface area contributed by atoms with Crippen molar-refractivity contribution in [3.05, 3.63) is 33.8 Å². The molecule has 0 spiro atoms. The van der Waals surface area contributed by atoms with Crippen LogP contribution in [0, 0.1) is 0 Å². The van der Waals surface area contributed by atoms with Crippen LogP contribution in [-0.2, 0) is 17.2 Å². The summed E-state index contributed by atoms with van der Waals surface area (Å²) in [6.45, 7) is 2.74. The van der Waals surface area contributed by atoms with Crippen molar-refractivity contribution < 1.29 is 4.21 Å². The van der Waals surface area contributed by atoms with E-state index in [9.17, 15) is 4.21 Å². The van der Waals surface area contributed by atoms with E-state index < -0.39 is 10.8 Å². The number of nitrogens with one attached hydrogen (secondary N) is 2. The molecule has 1 aliphatic rings. The van der Waals surface area contributed by atoms with Crippen LogP contribution < -0.4 is 10.6 Å². The molecule has 0 heterocycles. The van der Waals surface area contributed by atoms with Gasteiger partial charge >= 0.3 is 0 Å². The Bertz CT molecular complexity index is 610. The number of guanidine groups is 1. The van der Waals surface area contributed by atoms with Crippen LogP contribution in [0.15, 0.2) is 23.2 Å². The highest BCUT2D eigenvalue weighted by Gasteiger charge is 2.25. The molecule has 0 aliphatic heterocycles. The second kappa shape index (κ2) is 12.4. The summed E-state index contributed by atoms with van der Waals surface area (Å²) in [5, 5.41) is 8.43. The fourth-order valence-electron chi connectivity index (χ4n) is 3.22. The summed E-state index contributed by atoms with van der Waals surface area (Å²) in [5.41, 5.74) is 1.09. The predicted octanol–water partition coefficient (Wildman–Crippen LogP) is 4.40. The van der Waals surface area contributed by atoms with Crippen molar-refractivity contribution in [2.24, 2.45) is 4.99 Å². The van der Waals surface area contributed by atoms with E-state index in [0.717, 1.165) is 55.9 Å². The van der Waals surface area contributed by atoms with E-state index in [1.807, 2.05) is 19.1 Å². The molecule has 3 unspecified atom stereocenters. The third kappa shape index (κ3) is 7.90. The summed E-state index contributed by atoms with van der Waals surface area (Å²) < 4.78 is 12.1. The molecule has 0 bridgehead atoms. The number of halogens is 3. The van der Waals surface area contributed by atoms with E-state index in [2.05, 4.69) is 15.6 Å². The van der Waals surface area contributed by atoms with Crippen LogP contribution in [0.1, 0.15) is 38.2 Å². The van der Waals surface area contributed by atoms with E-state index >= 15 is 0 Å². The lowest BCUT2D eigenvalue weighted by Gasteiger charge is -2.30. The molecule has 1 aromatic rings. The van der Waals surface area contributed by atoms with Crippen LogP contribution in [0.3, 0.4) is 0 Å². The summed E-state index contributed by atoms with van der Waals surface area (Å²) in [5.74, 6) is 1.54. The van der Waals surface area contributed by atoms with Gasteiger partial charge < -0.3 is 10.6 Å². The van der Waals surface area contributed by atoms with Crippen molar-refractivity contribution in [2.45, 2.75) is 50.3 Å². The smallest absolute Gasteiger partial charge is 0.191 e. The third-order valence-corrected chi connectivity index (χ3v) is 6.65. The second-order valence-corrected chi connectivity index (χ2v) is 9.20. The molecule has 1 fully saturated rings. The third-order valence-electron chi connectivity index (χ3n) is 4.48. The Labute approximate surface area is 186 Å². The molecule has 0 radical (unpaired) electrons. The molecular weight excluding hydrogens is 504 g/mol. The fraction of sp³-hybridized carbons (Fsp3) is 0.611. The van der Waals surface area contributed by atoms with Gasteiger partial charge in [0.25, 0.3) is 0 Å². The lowest BCUT2D eigenvalue weighted by atomic mass is 9.95. The summed E-state index contributed by atoms with van der Waals surface area (Å²) in [4.78, 5) is 4.30. The van der Waals surface area contributed by atoms with E-state index in [0.29, 0.717) is 21.3 Å². The molecule has 3 atom stereocenters. The van der Waals surface area contributed by atoms with Gasteiger partial charge in [-0.2, -0.15) is 0 Å². The van der Waals surface area contributed by atoms with Crippen molar-refractivity contribution in [3.63, 3.8) is 0 Å². The van der Waals surface area contributed by atoms with Crippen LogP contribution in [-0.4, -0.2) is 40.8 Å². The van der Waals surface area contributed by atoms with Crippen LogP contribution >= 0.6 is 47.2 Å². The molecule has 1 saturated carbocycles. The van der Waals surface area contributed by atoms with Gasteiger partial charge in [-0.1, -0.05) is 36.5 Å². The predicted molar refractivity (Wildman–Crippen MR) is 125 cm³/mol. The molecule has 0 aromatic heterocycles. The lowest BCUT2D eigenvalue weighted by Crippen LogP contribution is -2.47. The summed E-state index contributed by atoms with van der Waals surface area (Å²) >= 11 is 12.1. The van der Waals surface area contributed by atoms with Crippen molar-refractivity contribution >= 4 is 63.9 Å². The van der Waals surface area contributed by atoms with Gasteiger partial charge in [-0.25, -0.2) is 0 Å². The van der Waals surface area contributed by atoms with E-state index in [-0.39, 0.29) is 24.0 Å². The Hall–Kier alpha value is -0.0500. The van der Waals surface area contributed by atoms with Gasteiger partial charge in [0.05, 0.1) is 0 Å². The van der Waals surface area contributed by atoms with Gasteiger partial charge in [0.15, 0.2) is 5.96 Å². The molecular formula is C18H28Cl2IN3OS. The Morgan fingerprint density at radius 1 is 1.27 bits per heavy atom. The van der Waals surface area contributed by atoms with Crippen molar-refractivity contribution in [3.8, 4) is 0 Å². The first-order valence-corrected chi connectivity index (χ1v) is 10.9. The number of hydrogen-bond acceptors (Lipinski definition) is 2. The zero-order valence-electron chi connectivity index (χ0n) is 15.3. The molecule has 0 amide bonds. The average Bonchev–Trinajstić information content (AvgIpc) is 2.59. The Kier molecular flexibility index (Phi) is 11.5. The van der Waals surface area contributed by atoms with Crippen molar-refractivity contribution in [1.82, 2.24) is 10.6 Å². The molecule has 26 heavy (non-hydrogen) atoms. The van der Waals surface area contributed by atoms with Crippen LogP contribution in [0.2, 0.25) is 10.0 Å². The summed E-state index contributed by atoms with van der Waals surface area (Å²) in [6, 6.07) is 5.93. The highest BCUT2D eigenvalue weighted by Crippen LogP contribution is 2.23. The molecule has 1 aromatic carbocycles. The standard InChI is InChI=1S/C18H27Cl2N3OS.HI/c1-3-25(24)17-6-4-5-16(12-17)23-18(21-2)22-8-7-13-9-14(19)11-15(20)10-13;/h9-11,16-17H,3-8,12H2,1-2H3,(H2,21,22,23);1H. The molecule has 8 heteroatoms. The van der Waals surface area contributed by atoms with Crippen LogP contribution in [0.5, 0.6) is 0 Å². The Morgan fingerprint density at radius 2 is 1.96 bits per heavy atom. The quantitative estimate of drug-likeness (QED) is 0.325. The van der Waals surface area contributed by atoms with Crippen LogP contribution in [0.4, 0.5) is 0 Å². The average molecular weight is 532 g/mol. The number of benzene rings is 1. The molecule has 148 valence electrons. The first kappa shape index (κ1) is 24.0. The Morgan fingerprint density at radius 3 is 2.58 bits per heavy atom. The number of nitrogens with zero attached hydrogens (tertiary/aromatic N) is 1. The maximum Gasteiger partial charge on any atom is 0.191 e. The molecule has 0 saturated heterocycles. The summed E-state index contributed by atoms with van der Waals surface area (Å²) in [6.07, 6.45) is 5.05. The van der Waals surface area contributed by atoms with Gasteiger partial charge in [0.2, 0.25) is 0 Å². The minimum Gasteiger partial charge on any atom is -0.356 e. The van der Waals surface area contributed by atoms with Gasteiger partial charge in [-0.3, -0.25) is 9.20 Å². The van der Waals surface area contributed by atoms with E-state index in [1.54, 1.807) is 13.1 Å². The molecule has 2 rings (SSSR count). The van der Waals surface area contributed by atoms with Crippen LogP contribution in [0.25, 0.3) is 0 Å². The minimum absolute atomic E-state index is 0. The number of aliphatic imine (C=N–C) groups is 1. The normalized spacial score (nSPS) is 21.6. The first-order valence-electron chi connectivity index (χ1n) is 8.81. The van der Waals surface area contributed by atoms with Gasteiger partial charge in [-0.15, -0.1) is 24.0 Å². The highest BCUT2D eigenvalue weighted by molar-refractivity contribution is 14.0. The minimum atomic E-state index is -0.711. The molecule has 1 aliphatic carbocycles. The van der Waals surface area contributed by atoms with E-state index in [4.69, 9.17) is 23.2 Å². The second-order valence-electron chi connectivity index (χ2n) is 6.33. The largest absolute Gasteiger partial charge is 0.356 e. The van der Waals surface area contributed by atoms with Crippen molar-refractivity contribution in [2.75, 3.05) is 19.3 Å². The lowest BCUT2D eigenvalue weighted by molar-refractivity contribution is 0.413. The van der Waals surface area contributed by atoms with Gasteiger partial charge in [-0.05, 0) is 49.4 Å². The number of rotatable bonds is 6. The highest BCUT2D eigenvalue weighted by atomic mass is 127. The monoisotopic (exact) mass is 531 g/mol. The molecule has 2 N–H and O–H groups in total. The SMILES string of the molecule is CCS(=O)C1CCCC(NC(=NC)NCCc2cc(Cl)cc(Cl)c2)C1.I. The van der Waals surface area contributed by atoms with Crippen molar-refractivity contribution in [1.29, 1.82) is 0 Å². The zero-order chi connectivity index (χ0) is 18.2. The Balaban J connectivity index is 0.00000338. The maximum atomic E-state index is 12.1. The summed E-state index contributed by atoms with van der Waals surface area (Å²) in [7, 11) is 1.06.